The lowest BCUT2D eigenvalue weighted by Crippen LogP contribution is -1.95. The van der Waals surface area contributed by atoms with Crippen molar-refractivity contribution in [2.45, 2.75) is 0 Å². The van der Waals surface area contributed by atoms with E-state index < -0.39 is 0 Å². The summed E-state index contributed by atoms with van der Waals surface area (Å²) in [5, 5.41) is 1.21. The maximum atomic E-state index is 6.28. The molecular weight excluding hydrogens is 387 g/mol. The highest BCUT2D eigenvalue weighted by atomic mass is 35.5. The summed E-state index contributed by atoms with van der Waals surface area (Å²) in [6, 6.07) is 27.5. The highest BCUT2D eigenvalue weighted by molar-refractivity contribution is 6.35. The number of halogens is 2. The Morgan fingerprint density at radius 1 is 0.643 bits per heavy atom. The fourth-order valence-corrected chi connectivity index (χ4v) is 3.31. The Morgan fingerprint density at radius 2 is 1.32 bits per heavy atom. The van der Waals surface area contributed by atoms with Gasteiger partial charge in [-0.2, -0.15) is 0 Å². The summed E-state index contributed by atoms with van der Waals surface area (Å²) in [6.07, 6.45) is 3.88. The Bertz CT molecular complexity index is 1070. The minimum Gasteiger partial charge on any atom is -0.229 e. The molecule has 0 aliphatic rings. The van der Waals surface area contributed by atoms with Gasteiger partial charge < -0.3 is 0 Å². The third kappa shape index (κ3) is 4.30. The molecule has 0 unspecified atom stereocenters. The fraction of sp³-hybridized carbons (Fsp3) is 0. The van der Waals surface area contributed by atoms with Crippen molar-refractivity contribution in [2.75, 3.05) is 0 Å². The molecule has 0 amide bonds. The second-order valence-electron chi connectivity index (χ2n) is 6.23. The van der Waals surface area contributed by atoms with E-state index in [-0.39, 0.29) is 0 Å². The van der Waals surface area contributed by atoms with Gasteiger partial charge in [-0.25, -0.2) is 9.97 Å². The normalized spacial score (nSPS) is 11.1. The topological polar surface area (TPSA) is 25.8 Å². The third-order valence-corrected chi connectivity index (χ3v) is 4.81. The van der Waals surface area contributed by atoms with Gasteiger partial charge in [0, 0.05) is 21.2 Å². The first-order chi connectivity index (χ1) is 13.7. The molecule has 0 spiro atoms. The molecule has 0 radical (unpaired) electrons. The molecule has 0 atom stereocenters. The van der Waals surface area contributed by atoms with Crippen LogP contribution in [0.25, 0.3) is 34.8 Å². The average molecular weight is 403 g/mol. The zero-order valence-corrected chi connectivity index (χ0v) is 16.4. The summed E-state index contributed by atoms with van der Waals surface area (Å²) >= 11 is 12.3. The van der Waals surface area contributed by atoms with Crippen LogP contribution in [-0.4, -0.2) is 9.97 Å². The molecule has 4 heteroatoms. The summed E-state index contributed by atoms with van der Waals surface area (Å²) in [4.78, 5) is 9.49. The first-order valence-electron chi connectivity index (χ1n) is 8.82. The first kappa shape index (κ1) is 18.4. The van der Waals surface area contributed by atoms with Gasteiger partial charge in [0.15, 0.2) is 5.82 Å². The molecular formula is C24H16Cl2N2. The molecule has 4 rings (SSSR count). The SMILES string of the molecule is Clc1ccc(/C=C\c2cc(-c3ccccc3)nc(-c3ccccc3)n2)c(Cl)c1. The van der Waals surface area contributed by atoms with Crippen LogP contribution in [0.1, 0.15) is 11.3 Å². The standard InChI is InChI=1S/C24H16Cl2N2/c25-20-13-11-17(22(26)15-20)12-14-21-16-23(18-7-3-1-4-8-18)28-24(27-21)19-9-5-2-6-10-19/h1-16H/b14-12-. The van der Waals surface area contributed by atoms with Gasteiger partial charge in [0.2, 0.25) is 0 Å². The molecule has 0 aliphatic carbocycles. The van der Waals surface area contributed by atoms with Gasteiger partial charge in [-0.3, -0.25) is 0 Å². The van der Waals surface area contributed by atoms with E-state index in [0.717, 1.165) is 28.1 Å². The molecule has 4 aromatic rings. The molecule has 136 valence electrons. The van der Waals surface area contributed by atoms with Crippen LogP contribution < -0.4 is 0 Å². The Kier molecular flexibility index (Phi) is 5.52. The van der Waals surface area contributed by atoms with Crippen LogP contribution in [0.2, 0.25) is 10.0 Å². The van der Waals surface area contributed by atoms with Crippen LogP contribution in [-0.2, 0) is 0 Å². The highest BCUT2D eigenvalue weighted by Crippen LogP contribution is 2.25. The number of nitrogens with zero attached hydrogens (tertiary/aromatic N) is 2. The van der Waals surface area contributed by atoms with Gasteiger partial charge >= 0.3 is 0 Å². The van der Waals surface area contributed by atoms with Gasteiger partial charge in [-0.15, -0.1) is 0 Å². The maximum Gasteiger partial charge on any atom is 0.160 e. The van der Waals surface area contributed by atoms with Crippen molar-refractivity contribution in [1.29, 1.82) is 0 Å². The van der Waals surface area contributed by atoms with E-state index >= 15 is 0 Å². The average Bonchev–Trinajstić information content (AvgIpc) is 2.74. The Hall–Kier alpha value is -2.94. The van der Waals surface area contributed by atoms with Crippen molar-refractivity contribution in [3.63, 3.8) is 0 Å². The van der Waals surface area contributed by atoms with E-state index in [4.69, 9.17) is 33.2 Å². The summed E-state index contributed by atoms with van der Waals surface area (Å²) in [5.74, 6) is 0.684. The predicted octanol–water partition coefficient (Wildman–Crippen LogP) is 7.29. The second-order valence-corrected chi connectivity index (χ2v) is 7.08. The lowest BCUT2D eigenvalue weighted by molar-refractivity contribution is 1.16. The van der Waals surface area contributed by atoms with Gasteiger partial charge in [0.05, 0.1) is 11.4 Å². The maximum absolute atomic E-state index is 6.28. The molecule has 0 saturated heterocycles. The second kappa shape index (κ2) is 8.39. The van der Waals surface area contributed by atoms with E-state index in [9.17, 15) is 0 Å². The lowest BCUT2D eigenvalue weighted by atomic mass is 10.1. The minimum absolute atomic E-state index is 0.601. The van der Waals surface area contributed by atoms with E-state index in [2.05, 4.69) is 0 Å². The molecule has 1 aromatic heterocycles. The molecule has 0 saturated carbocycles. The van der Waals surface area contributed by atoms with Crippen molar-refractivity contribution in [1.82, 2.24) is 9.97 Å². The molecule has 0 aliphatic heterocycles. The number of rotatable bonds is 4. The summed E-state index contributed by atoms with van der Waals surface area (Å²) < 4.78 is 0. The molecule has 0 bridgehead atoms. The molecule has 0 fully saturated rings. The van der Waals surface area contributed by atoms with Crippen LogP contribution in [0.3, 0.4) is 0 Å². The summed E-state index contributed by atoms with van der Waals surface area (Å²) in [5.41, 5.74) is 4.57. The number of benzene rings is 3. The van der Waals surface area contributed by atoms with E-state index in [1.807, 2.05) is 91.0 Å². The van der Waals surface area contributed by atoms with Gasteiger partial charge in [-0.05, 0) is 29.8 Å². The molecule has 28 heavy (non-hydrogen) atoms. The minimum atomic E-state index is 0.601. The van der Waals surface area contributed by atoms with Crippen LogP contribution in [0.5, 0.6) is 0 Å². The molecule has 2 nitrogen and oxygen atoms in total. The quantitative estimate of drug-likeness (QED) is 0.358. The monoisotopic (exact) mass is 402 g/mol. The smallest absolute Gasteiger partial charge is 0.160 e. The van der Waals surface area contributed by atoms with Crippen molar-refractivity contribution < 1.29 is 0 Å². The van der Waals surface area contributed by atoms with Crippen molar-refractivity contribution in [3.05, 3.63) is 106 Å². The van der Waals surface area contributed by atoms with E-state index in [1.54, 1.807) is 6.07 Å². The zero-order chi connectivity index (χ0) is 19.3. The zero-order valence-electron chi connectivity index (χ0n) is 14.9. The van der Waals surface area contributed by atoms with E-state index in [1.165, 1.54) is 0 Å². The van der Waals surface area contributed by atoms with Crippen LogP contribution >= 0.6 is 23.2 Å². The van der Waals surface area contributed by atoms with Gasteiger partial charge in [0.1, 0.15) is 0 Å². The molecule has 1 heterocycles. The first-order valence-corrected chi connectivity index (χ1v) is 9.58. The van der Waals surface area contributed by atoms with Gasteiger partial charge in [-0.1, -0.05) is 96.0 Å². The fourth-order valence-electron chi connectivity index (χ4n) is 2.84. The predicted molar refractivity (Wildman–Crippen MR) is 118 cm³/mol. The van der Waals surface area contributed by atoms with Crippen molar-refractivity contribution >= 4 is 35.4 Å². The Labute approximate surface area is 174 Å². The number of hydrogen-bond donors (Lipinski definition) is 0. The summed E-state index contributed by atoms with van der Waals surface area (Å²) in [7, 11) is 0. The summed E-state index contributed by atoms with van der Waals surface area (Å²) in [6.45, 7) is 0. The van der Waals surface area contributed by atoms with E-state index in [0.29, 0.717) is 15.9 Å². The highest BCUT2D eigenvalue weighted by Gasteiger charge is 2.07. The van der Waals surface area contributed by atoms with Gasteiger partial charge in [0.25, 0.3) is 0 Å². The largest absolute Gasteiger partial charge is 0.229 e. The molecule has 3 aromatic carbocycles. The molecule has 0 N–H and O–H groups in total. The van der Waals surface area contributed by atoms with Crippen LogP contribution in [0.15, 0.2) is 84.9 Å². The lowest BCUT2D eigenvalue weighted by Gasteiger charge is -2.07. The Balaban J connectivity index is 1.79. The van der Waals surface area contributed by atoms with Crippen molar-refractivity contribution in [2.24, 2.45) is 0 Å². The number of aromatic nitrogens is 2. The van der Waals surface area contributed by atoms with Crippen molar-refractivity contribution in [3.8, 4) is 22.6 Å². The number of hydrogen-bond acceptors (Lipinski definition) is 2. The third-order valence-electron chi connectivity index (χ3n) is 4.24. The van der Waals surface area contributed by atoms with Crippen LogP contribution in [0, 0.1) is 0 Å². The Morgan fingerprint density at radius 3 is 2.00 bits per heavy atom. The van der Waals surface area contributed by atoms with Crippen LogP contribution in [0.4, 0.5) is 0 Å².